The Morgan fingerprint density at radius 2 is 1.61 bits per heavy atom. The molecule has 5 aliphatic rings. The fourth-order valence-corrected chi connectivity index (χ4v) is 7.77. The SMILES string of the molecule is CCCC1(CCCCCCCOC=C(CC23CC4CC(CC(C4)C2)C3)C(=O)O)CCO1. The number of hydrogen-bond donors (Lipinski definition) is 1. The van der Waals surface area contributed by atoms with E-state index in [4.69, 9.17) is 9.47 Å². The third-order valence-corrected chi connectivity index (χ3v) is 8.80. The van der Waals surface area contributed by atoms with Gasteiger partial charge in [-0.1, -0.05) is 39.0 Å². The number of aliphatic carboxylic acids is 1. The first-order valence-electron chi connectivity index (χ1n) is 13.2. The molecule has 1 saturated heterocycles. The molecule has 31 heavy (non-hydrogen) atoms. The summed E-state index contributed by atoms with van der Waals surface area (Å²) in [5.41, 5.74) is 0.970. The molecule has 5 rings (SSSR count). The molecule has 1 heterocycles. The van der Waals surface area contributed by atoms with Crippen LogP contribution in [0, 0.1) is 23.2 Å². The van der Waals surface area contributed by atoms with Gasteiger partial charge in [0.15, 0.2) is 0 Å². The van der Waals surface area contributed by atoms with E-state index in [1.165, 1.54) is 83.5 Å². The summed E-state index contributed by atoms with van der Waals surface area (Å²) >= 11 is 0. The molecule has 1 aliphatic heterocycles. The van der Waals surface area contributed by atoms with Gasteiger partial charge < -0.3 is 14.6 Å². The van der Waals surface area contributed by atoms with Gasteiger partial charge in [-0.25, -0.2) is 4.79 Å². The minimum atomic E-state index is -0.782. The number of carboxylic acids is 1. The van der Waals surface area contributed by atoms with Gasteiger partial charge in [-0.15, -0.1) is 0 Å². The molecule has 0 amide bonds. The van der Waals surface area contributed by atoms with E-state index in [2.05, 4.69) is 6.92 Å². The molecule has 1 unspecified atom stereocenters. The van der Waals surface area contributed by atoms with Crippen molar-refractivity contribution in [3.05, 3.63) is 11.8 Å². The maximum Gasteiger partial charge on any atom is 0.334 e. The Kier molecular flexibility index (Phi) is 7.67. The second-order valence-electron chi connectivity index (χ2n) is 11.5. The predicted molar refractivity (Wildman–Crippen MR) is 123 cm³/mol. The zero-order valence-corrected chi connectivity index (χ0v) is 19.7. The maximum absolute atomic E-state index is 11.9. The predicted octanol–water partition coefficient (Wildman–Crippen LogP) is 6.88. The van der Waals surface area contributed by atoms with Crippen LogP contribution in [0.4, 0.5) is 0 Å². The minimum absolute atomic E-state index is 0.215. The summed E-state index contributed by atoms with van der Waals surface area (Å²) in [6.45, 7) is 3.84. The van der Waals surface area contributed by atoms with Crippen molar-refractivity contribution in [2.75, 3.05) is 13.2 Å². The van der Waals surface area contributed by atoms with Crippen molar-refractivity contribution in [3.8, 4) is 0 Å². The van der Waals surface area contributed by atoms with Gasteiger partial charge in [-0.2, -0.15) is 0 Å². The second-order valence-corrected chi connectivity index (χ2v) is 11.5. The summed E-state index contributed by atoms with van der Waals surface area (Å²) in [6, 6.07) is 0. The number of hydrogen-bond acceptors (Lipinski definition) is 3. The smallest absolute Gasteiger partial charge is 0.334 e. The lowest BCUT2D eigenvalue weighted by Gasteiger charge is -2.57. The van der Waals surface area contributed by atoms with Gasteiger partial charge >= 0.3 is 5.97 Å². The largest absolute Gasteiger partial charge is 0.501 e. The summed E-state index contributed by atoms with van der Waals surface area (Å²) in [5, 5.41) is 9.75. The van der Waals surface area contributed by atoms with Crippen LogP contribution in [0.2, 0.25) is 0 Å². The highest BCUT2D eigenvalue weighted by atomic mass is 16.5. The van der Waals surface area contributed by atoms with E-state index >= 15 is 0 Å². The highest BCUT2D eigenvalue weighted by Gasteiger charge is 2.51. The first kappa shape index (κ1) is 23.1. The van der Waals surface area contributed by atoms with E-state index in [0.29, 0.717) is 18.6 Å². The van der Waals surface area contributed by atoms with Gasteiger partial charge in [-0.3, -0.25) is 0 Å². The fourth-order valence-electron chi connectivity index (χ4n) is 7.77. The van der Waals surface area contributed by atoms with Crippen molar-refractivity contribution in [2.24, 2.45) is 23.2 Å². The van der Waals surface area contributed by atoms with E-state index in [-0.39, 0.29) is 11.0 Å². The minimum Gasteiger partial charge on any atom is -0.501 e. The number of carbonyl (C=O) groups is 1. The maximum atomic E-state index is 11.9. The van der Waals surface area contributed by atoms with E-state index in [1.807, 2.05) is 0 Å². The van der Waals surface area contributed by atoms with Crippen molar-refractivity contribution >= 4 is 5.97 Å². The van der Waals surface area contributed by atoms with E-state index in [1.54, 1.807) is 6.26 Å². The molecule has 176 valence electrons. The van der Waals surface area contributed by atoms with Crippen LogP contribution in [0.5, 0.6) is 0 Å². The van der Waals surface area contributed by atoms with Crippen molar-refractivity contribution < 1.29 is 19.4 Å². The number of carboxylic acid groups (broad SMARTS) is 1. The van der Waals surface area contributed by atoms with Crippen LogP contribution in [-0.2, 0) is 14.3 Å². The molecular formula is C27H44O4. The van der Waals surface area contributed by atoms with Gasteiger partial charge in [0.1, 0.15) is 0 Å². The summed E-state index contributed by atoms with van der Waals surface area (Å²) in [7, 11) is 0. The zero-order valence-electron chi connectivity index (χ0n) is 19.7. The fraction of sp³-hybridized carbons (Fsp3) is 0.889. The zero-order chi connectivity index (χ0) is 21.7. The highest BCUT2D eigenvalue weighted by molar-refractivity contribution is 5.86. The average molecular weight is 433 g/mol. The molecule has 0 aromatic heterocycles. The molecule has 4 bridgehead atoms. The summed E-state index contributed by atoms with van der Waals surface area (Å²) in [5.74, 6) is 1.79. The van der Waals surface area contributed by atoms with E-state index in [0.717, 1.165) is 37.2 Å². The van der Waals surface area contributed by atoms with Gasteiger partial charge in [0, 0.05) is 0 Å². The molecule has 5 fully saturated rings. The average Bonchev–Trinajstić information content (AvgIpc) is 2.68. The number of unbranched alkanes of at least 4 members (excludes halogenated alkanes) is 4. The number of ether oxygens (including phenoxy) is 2. The Labute approximate surface area is 189 Å². The van der Waals surface area contributed by atoms with Gasteiger partial charge in [-0.05, 0) is 93.8 Å². The van der Waals surface area contributed by atoms with Crippen LogP contribution in [0.25, 0.3) is 0 Å². The van der Waals surface area contributed by atoms with Crippen molar-refractivity contribution in [1.29, 1.82) is 0 Å². The summed E-state index contributed by atoms with van der Waals surface area (Å²) < 4.78 is 11.6. The summed E-state index contributed by atoms with van der Waals surface area (Å²) in [4.78, 5) is 11.9. The molecule has 4 saturated carbocycles. The Balaban J connectivity index is 1.12. The normalized spacial score (nSPS) is 36.4. The van der Waals surface area contributed by atoms with E-state index < -0.39 is 5.97 Å². The van der Waals surface area contributed by atoms with Crippen LogP contribution in [0.15, 0.2) is 11.8 Å². The van der Waals surface area contributed by atoms with Crippen molar-refractivity contribution in [2.45, 2.75) is 115 Å². The molecule has 4 nitrogen and oxygen atoms in total. The Morgan fingerprint density at radius 3 is 2.16 bits per heavy atom. The highest BCUT2D eigenvalue weighted by Crippen LogP contribution is 2.62. The molecule has 4 heteroatoms. The molecule has 1 N–H and O–H groups in total. The lowest BCUT2D eigenvalue weighted by Crippen LogP contribution is -2.46. The topological polar surface area (TPSA) is 55.8 Å². The van der Waals surface area contributed by atoms with Crippen LogP contribution >= 0.6 is 0 Å². The molecule has 0 radical (unpaired) electrons. The van der Waals surface area contributed by atoms with Crippen molar-refractivity contribution in [3.63, 3.8) is 0 Å². The Morgan fingerprint density at radius 1 is 1.00 bits per heavy atom. The Bertz CT molecular complexity index is 598. The van der Waals surface area contributed by atoms with Gasteiger partial charge in [0.2, 0.25) is 0 Å². The lowest BCUT2D eigenvalue weighted by molar-refractivity contribution is -0.156. The summed E-state index contributed by atoms with van der Waals surface area (Å²) in [6.07, 6.45) is 21.0. The van der Waals surface area contributed by atoms with Gasteiger partial charge in [0.05, 0.1) is 30.6 Å². The third kappa shape index (κ3) is 5.86. The molecule has 0 spiro atoms. The van der Waals surface area contributed by atoms with Gasteiger partial charge in [0.25, 0.3) is 0 Å². The molecule has 0 aromatic rings. The lowest BCUT2D eigenvalue weighted by atomic mass is 9.48. The Hall–Kier alpha value is -1.03. The van der Waals surface area contributed by atoms with E-state index in [9.17, 15) is 9.90 Å². The second kappa shape index (κ2) is 10.3. The van der Waals surface area contributed by atoms with Crippen LogP contribution in [0.3, 0.4) is 0 Å². The monoisotopic (exact) mass is 432 g/mol. The van der Waals surface area contributed by atoms with Crippen LogP contribution in [-0.4, -0.2) is 29.9 Å². The van der Waals surface area contributed by atoms with Crippen molar-refractivity contribution in [1.82, 2.24) is 0 Å². The number of rotatable bonds is 14. The molecule has 1 atom stereocenters. The third-order valence-electron chi connectivity index (χ3n) is 8.80. The molecule has 4 aliphatic carbocycles. The van der Waals surface area contributed by atoms with Crippen LogP contribution < -0.4 is 0 Å². The molecule has 0 aromatic carbocycles. The first-order chi connectivity index (χ1) is 15.0. The molecular weight excluding hydrogens is 388 g/mol. The first-order valence-corrected chi connectivity index (χ1v) is 13.2. The standard InChI is InChI=1S/C27H44O4/c1-2-8-27(10-12-31-27)9-6-4-3-5-7-11-30-20-24(25(28)29)19-26-16-21-13-22(17-26)15-23(14-21)18-26/h20-23H,2-19H2,1H3,(H,28,29). The quantitative estimate of drug-likeness (QED) is 0.185. The van der Waals surface area contributed by atoms with Crippen LogP contribution in [0.1, 0.15) is 110 Å².